The number of benzene rings is 3. The summed E-state index contributed by atoms with van der Waals surface area (Å²) in [6.07, 6.45) is 0. The summed E-state index contributed by atoms with van der Waals surface area (Å²) in [5.41, 5.74) is -2.08. The van der Waals surface area contributed by atoms with Gasteiger partial charge in [0, 0.05) is 10.6 Å². The molecule has 1 N–H and O–H groups in total. The Balaban J connectivity index is 1.83. The fourth-order valence-electron chi connectivity index (χ4n) is 2.43. The molecule has 30 heavy (non-hydrogen) atoms. The van der Waals surface area contributed by atoms with Gasteiger partial charge in [-0.05, 0) is 74.1 Å². The number of alkyl halides is 3. The predicted octanol–water partition coefficient (Wildman–Crippen LogP) is 7.59. The van der Waals surface area contributed by atoms with Gasteiger partial charge in [-0.15, -0.1) is 0 Å². The Morgan fingerprint density at radius 2 is 1.20 bits per heavy atom. The van der Waals surface area contributed by atoms with E-state index in [1.165, 1.54) is 24.3 Å². The molecule has 0 saturated carbocycles. The van der Waals surface area contributed by atoms with Gasteiger partial charge in [0.05, 0.1) is 0 Å². The first-order valence-electron chi connectivity index (χ1n) is 8.87. The molecule has 0 amide bonds. The van der Waals surface area contributed by atoms with Gasteiger partial charge < -0.3 is 9.05 Å². The molecular formula is C21H19F3NO3PS. The van der Waals surface area contributed by atoms with E-state index in [0.717, 1.165) is 11.1 Å². The quantitative estimate of drug-likeness (QED) is 0.295. The standard InChI is InChI=1S/C21H19F3NO3PS/c1-15-3-9-18(10-4-15)27-29(26,28-19-11-5-16(2)6-12-19)25-17-7-13-20(14-8-17)30-21(22,23)24/h3-14H,1-2H3,(H,25,26). The summed E-state index contributed by atoms with van der Waals surface area (Å²) >= 11 is -0.224. The van der Waals surface area contributed by atoms with Crippen molar-refractivity contribution < 1.29 is 26.8 Å². The van der Waals surface area contributed by atoms with Crippen LogP contribution in [0.3, 0.4) is 0 Å². The molecule has 0 heterocycles. The fourth-order valence-corrected chi connectivity index (χ4v) is 4.36. The number of hydrogen-bond donors (Lipinski definition) is 1. The lowest BCUT2D eigenvalue weighted by molar-refractivity contribution is -0.0328. The number of anilines is 1. The molecule has 0 aromatic heterocycles. The minimum atomic E-state index is -4.38. The van der Waals surface area contributed by atoms with Gasteiger partial charge in [-0.2, -0.15) is 13.2 Å². The van der Waals surface area contributed by atoms with E-state index in [-0.39, 0.29) is 16.7 Å². The minimum absolute atomic E-state index is 0.0155. The third kappa shape index (κ3) is 6.75. The average Bonchev–Trinajstić information content (AvgIpc) is 2.66. The van der Waals surface area contributed by atoms with Crippen LogP contribution in [-0.4, -0.2) is 5.51 Å². The Morgan fingerprint density at radius 1 is 0.767 bits per heavy atom. The molecule has 0 aliphatic heterocycles. The predicted molar refractivity (Wildman–Crippen MR) is 113 cm³/mol. The van der Waals surface area contributed by atoms with Crippen molar-refractivity contribution in [2.75, 3.05) is 5.09 Å². The molecule has 9 heteroatoms. The van der Waals surface area contributed by atoms with Crippen LogP contribution >= 0.6 is 19.5 Å². The minimum Gasteiger partial charge on any atom is -0.400 e. The van der Waals surface area contributed by atoms with Crippen LogP contribution in [0.5, 0.6) is 11.5 Å². The summed E-state index contributed by atoms with van der Waals surface area (Å²) < 4.78 is 62.3. The van der Waals surface area contributed by atoms with Crippen molar-refractivity contribution >= 4 is 25.2 Å². The van der Waals surface area contributed by atoms with Crippen LogP contribution in [0.1, 0.15) is 11.1 Å². The maximum atomic E-state index is 13.5. The van der Waals surface area contributed by atoms with Crippen LogP contribution in [0.2, 0.25) is 0 Å². The number of thioether (sulfide) groups is 1. The molecule has 3 aromatic carbocycles. The SMILES string of the molecule is Cc1ccc(OP(=O)(Nc2ccc(SC(F)(F)F)cc2)Oc2ccc(C)cc2)cc1. The van der Waals surface area contributed by atoms with Crippen molar-refractivity contribution in [3.63, 3.8) is 0 Å². The van der Waals surface area contributed by atoms with Crippen molar-refractivity contribution in [2.24, 2.45) is 0 Å². The molecule has 3 rings (SSSR count). The first-order valence-corrected chi connectivity index (χ1v) is 11.2. The molecule has 0 aliphatic carbocycles. The first-order chi connectivity index (χ1) is 14.1. The highest BCUT2D eigenvalue weighted by Gasteiger charge is 2.31. The van der Waals surface area contributed by atoms with Gasteiger partial charge in [-0.1, -0.05) is 35.4 Å². The Bertz CT molecular complexity index is 972. The number of aryl methyl sites for hydroxylation is 2. The van der Waals surface area contributed by atoms with Crippen LogP contribution in [0.4, 0.5) is 18.9 Å². The van der Waals surface area contributed by atoms with E-state index in [2.05, 4.69) is 5.09 Å². The second kappa shape index (κ2) is 9.06. The van der Waals surface area contributed by atoms with E-state index in [9.17, 15) is 17.7 Å². The van der Waals surface area contributed by atoms with Crippen molar-refractivity contribution in [2.45, 2.75) is 24.3 Å². The van der Waals surface area contributed by atoms with E-state index in [1.54, 1.807) is 48.5 Å². The highest BCUT2D eigenvalue weighted by molar-refractivity contribution is 8.00. The highest BCUT2D eigenvalue weighted by atomic mass is 32.2. The molecule has 4 nitrogen and oxygen atoms in total. The fraction of sp³-hybridized carbons (Fsp3) is 0.143. The lowest BCUT2D eigenvalue weighted by atomic mass is 10.2. The van der Waals surface area contributed by atoms with Gasteiger partial charge in [-0.3, -0.25) is 5.09 Å². The zero-order valence-corrected chi connectivity index (χ0v) is 17.9. The van der Waals surface area contributed by atoms with Crippen LogP contribution in [0, 0.1) is 13.8 Å². The summed E-state index contributed by atoms with van der Waals surface area (Å²) in [4.78, 5) is 0.0155. The van der Waals surface area contributed by atoms with E-state index >= 15 is 0 Å². The summed E-state index contributed by atoms with van der Waals surface area (Å²) in [5, 5.41) is 2.69. The molecule has 0 spiro atoms. The molecule has 0 bridgehead atoms. The van der Waals surface area contributed by atoms with Crippen molar-refractivity contribution in [3.8, 4) is 11.5 Å². The summed E-state index contributed by atoms with van der Waals surface area (Å²) in [6.45, 7) is 3.82. The monoisotopic (exact) mass is 453 g/mol. The number of nitrogens with one attached hydrogen (secondary N) is 1. The zero-order valence-electron chi connectivity index (χ0n) is 16.1. The molecule has 0 aliphatic rings. The van der Waals surface area contributed by atoms with Crippen molar-refractivity contribution in [1.29, 1.82) is 0 Å². The van der Waals surface area contributed by atoms with E-state index in [4.69, 9.17) is 9.05 Å². The second-order valence-electron chi connectivity index (χ2n) is 6.49. The van der Waals surface area contributed by atoms with Gasteiger partial charge >= 0.3 is 13.3 Å². The first kappa shape index (κ1) is 22.1. The molecule has 0 unspecified atom stereocenters. The topological polar surface area (TPSA) is 47.6 Å². The zero-order chi connectivity index (χ0) is 21.8. The highest BCUT2D eigenvalue weighted by Crippen LogP contribution is 2.48. The second-order valence-corrected chi connectivity index (χ2v) is 9.21. The van der Waals surface area contributed by atoms with Crippen LogP contribution in [0.15, 0.2) is 77.7 Å². The largest absolute Gasteiger partial charge is 0.541 e. The molecule has 0 saturated heterocycles. The Labute approximate surface area is 177 Å². The molecule has 0 radical (unpaired) electrons. The van der Waals surface area contributed by atoms with Gasteiger partial charge in [0.25, 0.3) is 0 Å². The van der Waals surface area contributed by atoms with Crippen LogP contribution in [-0.2, 0) is 4.57 Å². The molecule has 158 valence electrons. The maximum Gasteiger partial charge on any atom is 0.541 e. The molecule has 0 atom stereocenters. The number of rotatable bonds is 7. The van der Waals surface area contributed by atoms with Crippen LogP contribution in [0.25, 0.3) is 0 Å². The molecule has 3 aromatic rings. The molecular weight excluding hydrogens is 434 g/mol. The Hall–Kier alpha value is -2.57. The average molecular weight is 453 g/mol. The van der Waals surface area contributed by atoms with Gasteiger partial charge in [0.15, 0.2) is 0 Å². The van der Waals surface area contributed by atoms with Gasteiger partial charge in [-0.25, -0.2) is 4.57 Å². The Morgan fingerprint density at radius 3 is 1.60 bits per heavy atom. The summed E-state index contributed by atoms with van der Waals surface area (Å²) in [6, 6.07) is 19.2. The third-order valence-electron chi connectivity index (χ3n) is 3.85. The Kier molecular flexibility index (Phi) is 6.68. The van der Waals surface area contributed by atoms with E-state index < -0.39 is 13.3 Å². The normalized spacial score (nSPS) is 11.8. The van der Waals surface area contributed by atoms with E-state index in [1.807, 2.05) is 13.8 Å². The lowest BCUT2D eigenvalue weighted by Gasteiger charge is -2.21. The smallest absolute Gasteiger partial charge is 0.400 e. The van der Waals surface area contributed by atoms with Crippen molar-refractivity contribution in [1.82, 2.24) is 0 Å². The summed E-state index contributed by atoms with van der Waals surface area (Å²) in [7, 11) is -3.95. The number of halogens is 3. The van der Waals surface area contributed by atoms with Gasteiger partial charge in [0.2, 0.25) is 0 Å². The molecule has 0 fully saturated rings. The lowest BCUT2D eigenvalue weighted by Crippen LogP contribution is -2.10. The summed E-state index contributed by atoms with van der Waals surface area (Å²) in [5.74, 6) is 0.653. The maximum absolute atomic E-state index is 13.5. The van der Waals surface area contributed by atoms with E-state index in [0.29, 0.717) is 17.2 Å². The number of hydrogen-bond acceptors (Lipinski definition) is 4. The third-order valence-corrected chi connectivity index (χ3v) is 6.02. The van der Waals surface area contributed by atoms with Crippen LogP contribution < -0.4 is 14.1 Å². The van der Waals surface area contributed by atoms with Gasteiger partial charge in [0.1, 0.15) is 11.5 Å². The van der Waals surface area contributed by atoms with Crippen molar-refractivity contribution in [3.05, 3.63) is 83.9 Å².